The summed E-state index contributed by atoms with van der Waals surface area (Å²) in [6.07, 6.45) is 0.485. The fraction of sp³-hybridized carbons (Fsp3) is 0.360. The van der Waals surface area contributed by atoms with E-state index in [1.807, 2.05) is 62.5 Å². The molecule has 0 aliphatic carbocycles. The number of fused-ring (bicyclic) bond motifs is 1. The SMILES string of the molecule is Cc1ccc2nc(OCC(=O)N(C)C(CN3CC[C@H](O)C3)c3ccccc3)ccc2c1. The third-order valence-electron chi connectivity index (χ3n) is 5.89. The lowest BCUT2D eigenvalue weighted by Crippen LogP contribution is -2.40. The van der Waals surface area contributed by atoms with Gasteiger partial charge in [-0.15, -0.1) is 0 Å². The summed E-state index contributed by atoms with van der Waals surface area (Å²) in [7, 11) is 1.81. The van der Waals surface area contributed by atoms with Crippen LogP contribution in [0.2, 0.25) is 0 Å². The van der Waals surface area contributed by atoms with Gasteiger partial charge in [-0.3, -0.25) is 9.69 Å². The average Bonchev–Trinajstić information content (AvgIpc) is 3.20. The van der Waals surface area contributed by atoms with Crippen LogP contribution in [-0.4, -0.2) is 65.2 Å². The number of likely N-dealkylation sites (N-methyl/N-ethyl adjacent to an activating group) is 1. The summed E-state index contributed by atoms with van der Waals surface area (Å²) < 4.78 is 5.74. The van der Waals surface area contributed by atoms with E-state index < -0.39 is 0 Å². The number of benzene rings is 2. The van der Waals surface area contributed by atoms with E-state index in [-0.39, 0.29) is 24.7 Å². The second kappa shape index (κ2) is 9.45. The highest BCUT2D eigenvalue weighted by Gasteiger charge is 2.28. The molecular formula is C25H29N3O3. The van der Waals surface area contributed by atoms with Gasteiger partial charge >= 0.3 is 0 Å². The van der Waals surface area contributed by atoms with Crippen molar-refractivity contribution in [3.8, 4) is 5.88 Å². The minimum absolute atomic E-state index is 0.0766. The number of aliphatic hydroxyl groups is 1. The van der Waals surface area contributed by atoms with Crippen LogP contribution in [0.4, 0.5) is 0 Å². The molecule has 3 aromatic rings. The summed E-state index contributed by atoms with van der Waals surface area (Å²) >= 11 is 0. The summed E-state index contributed by atoms with van der Waals surface area (Å²) in [6.45, 7) is 4.12. The molecule has 6 heteroatoms. The molecule has 31 heavy (non-hydrogen) atoms. The Kier molecular flexibility index (Phi) is 6.49. The fourth-order valence-corrected chi connectivity index (χ4v) is 4.07. The van der Waals surface area contributed by atoms with E-state index in [9.17, 15) is 9.90 Å². The monoisotopic (exact) mass is 419 g/mol. The second-order valence-electron chi connectivity index (χ2n) is 8.27. The van der Waals surface area contributed by atoms with Gasteiger partial charge in [0.25, 0.3) is 5.91 Å². The molecule has 1 aliphatic rings. The molecular weight excluding hydrogens is 390 g/mol. The zero-order chi connectivity index (χ0) is 21.8. The molecule has 0 saturated carbocycles. The van der Waals surface area contributed by atoms with E-state index in [4.69, 9.17) is 4.74 Å². The quantitative estimate of drug-likeness (QED) is 0.637. The molecule has 1 fully saturated rings. The lowest BCUT2D eigenvalue weighted by Gasteiger charge is -2.32. The number of nitrogens with zero attached hydrogens (tertiary/aromatic N) is 3. The number of hydrogen-bond acceptors (Lipinski definition) is 5. The fourth-order valence-electron chi connectivity index (χ4n) is 4.07. The molecule has 2 heterocycles. The Morgan fingerprint density at radius 2 is 2.03 bits per heavy atom. The van der Waals surface area contributed by atoms with Gasteiger partial charge in [0.2, 0.25) is 5.88 Å². The molecule has 1 N–H and O–H groups in total. The Bertz CT molecular complexity index is 1040. The van der Waals surface area contributed by atoms with Crippen molar-refractivity contribution < 1.29 is 14.6 Å². The molecule has 6 nitrogen and oxygen atoms in total. The molecule has 162 valence electrons. The zero-order valence-electron chi connectivity index (χ0n) is 18.1. The van der Waals surface area contributed by atoms with Crippen molar-refractivity contribution >= 4 is 16.8 Å². The van der Waals surface area contributed by atoms with Crippen molar-refractivity contribution in [2.24, 2.45) is 0 Å². The van der Waals surface area contributed by atoms with Gasteiger partial charge in [-0.25, -0.2) is 4.98 Å². The number of pyridine rings is 1. The Morgan fingerprint density at radius 3 is 2.77 bits per heavy atom. The van der Waals surface area contributed by atoms with E-state index in [1.54, 1.807) is 11.0 Å². The van der Waals surface area contributed by atoms with Gasteiger partial charge < -0.3 is 14.7 Å². The highest BCUT2D eigenvalue weighted by molar-refractivity contribution is 5.80. The van der Waals surface area contributed by atoms with Crippen molar-refractivity contribution in [2.45, 2.75) is 25.5 Å². The second-order valence-corrected chi connectivity index (χ2v) is 8.27. The predicted molar refractivity (Wildman–Crippen MR) is 121 cm³/mol. The number of carbonyl (C=O) groups is 1. The molecule has 1 aliphatic heterocycles. The number of rotatable bonds is 7. The van der Waals surface area contributed by atoms with E-state index in [1.165, 1.54) is 5.56 Å². The molecule has 0 radical (unpaired) electrons. The number of ether oxygens (including phenoxy) is 1. The topological polar surface area (TPSA) is 65.9 Å². The van der Waals surface area contributed by atoms with Crippen LogP contribution in [-0.2, 0) is 4.79 Å². The normalized spacial score (nSPS) is 17.6. The number of β-amino-alcohol motifs (C(OH)–C–C–N with tert-alkyl or cyclic N) is 1. The van der Waals surface area contributed by atoms with Crippen LogP contribution in [0, 0.1) is 6.92 Å². The summed E-state index contributed by atoms with van der Waals surface area (Å²) in [5.41, 5.74) is 3.09. The Balaban J connectivity index is 1.44. The molecule has 0 bridgehead atoms. The molecule has 2 atom stereocenters. The Hall–Kier alpha value is -2.96. The molecule has 1 aromatic heterocycles. The Labute approximate surface area is 183 Å². The van der Waals surface area contributed by atoms with Crippen LogP contribution < -0.4 is 4.74 Å². The zero-order valence-corrected chi connectivity index (χ0v) is 18.1. The first kappa shape index (κ1) is 21.3. The number of amides is 1. The first-order valence-electron chi connectivity index (χ1n) is 10.7. The van der Waals surface area contributed by atoms with Crippen LogP contribution in [0.25, 0.3) is 10.9 Å². The van der Waals surface area contributed by atoms with Gasteiger partial charge in [0, 0.05) is 38.1 Å². The van der Waals surface area contributed by atoms with Gasteiger partial charge in [-0.05, 0) is 37.1 Å². The smallest absolute Gasteiger partial charge is 0.260 e. The number of likely N-dealkylation sites (tertiary alicyclic amines) is 1. The van der Waals surface area contributed by atoms with Crippen molar-refractivity contribution in [1.82, 2.24) is 14.8 Å². The van der Waals surface area contributed by atoms with Crippen LogP contribution in [0.15, 0.2) is 60.7 Å². The van der Waals surface area contributed by atoms with Crippen LogP contribution in [0.5, 0.6) is 5.88 Å². The largest absolute Gasteiger partial charge is 0.468 e. The predicted octanol–water partition coefficient (Wildman–Crippen LogP) is 3.19. The lowest BCUT2D eigenvalue weighted by atomic mass is 10.0. The van der Waals surface area contributed by atoms with Crippen molar-refractivity contribution in [2.75, 3.05) is 33.3 Å². The molecule has 1 amide bonds. The van der Waals surface area contributed by atoms with E-state index in [0.29, 0.717) is 19.0 Å². The molecule has 0 spiro atoms. The van der Waals surface area contributed by atoms with Crippen molar-refractivity contribution in [1.29, 1.82) is 0 Å². The van der Waals surface area contributed by atoms with Crippen LogP contribution >= 0.6 is 0 Å². The maximum absolute atomic E-state index is 13.0. The minimum Gasteiger partial charge on any atom is -0.468 e. The molecule has 4 rings (SSSR count). The molecule has 1 unspecified atom stereocenters. The highest BCUT2D eigenvalue weighted by Crippen LogP contribution is 2.24. The summed E-state index contributed by atoms with van der Waals surface area (Å²) in [4.78, 5) is 21.4. The van der Waals surface area contributed by atoms with Crippen LogP contribution in [0.3, 0.4) is 0 Å². The van der Waals surface area contributed by atoms with Gasteiger partial charge in [-0.2, -0.15) is 0 Å². The number of hydrogen-bond donors (Lipinski definition) is 1. The summed E-state index contributed by atoms with van der Waals surface area (Å²) in [5.74, 6) is 0.330. The number of aryl methyl sites for hydroxylation is 1. The number of aromatic nitrogens is 1. The minimum atomic E-state index is -0.288. The van der Waals surface area contributed by atoms with Crippen molar-refractivity contribution in [3.63, 3.8) is 0 Å². The number of carbonyl (C=O) groups excluding carboxylic acids is 1. The van der Waals surface area contributed by atoms with Gasteiger partial charge in [-0.1, -0.05) is 42.0 Å². The molecule has 1 saturated heterocycles. The maximum atomic E-state index is 13.0. The van der Waals surface area contributed by atoms with Crippen molar-refractivity contribution in [3.05, 3.63) is 71.8 Å². The maximum Gasteiger partial charge on any atom is 0.260 e. The third kappa shape index (κ3) is 5.21. The standard InChI is InChI=1S/C25H29N3O3/c1-18-8-10-22-20(14-18)9-11-24(26-22)31-17-25(30)27(2)23(19-6-4-3-5-7-19)16-28-13-12-21(29)15-28/h3-11,14,21,23,29H,12-13,15-17H2,1-2H3/t21-,23?/m0/s1. The number of aliphatic hydroxyl groups excluding tert-OH is 1. The summed E-state index contributed by atoms with van der Waals surface area (Å²) in [5, 5.41) is 10.9. The van der Waals surface area contributed by atoms with Crippen LogP contribution in [0.1, 0.15) is 23.6 Å². The average molecular weight is 420 g/mol. The third-order valence-corrected chi connectivity index (χ3v) is 5.89. The first-order chi connectivity index (χ1) is 15.0. The van der Waals surface area contributed by atoms with E-state index in [0.717, 1.165) is 29.4 Å². The Morgan fingerprint density at radius 1 is 1.23 bits per heavy atom. The molecule has 2 aromatic carbocycles. The van der Waals surface area contributed by atoms with E-state index in [2.05, 4.69) is 16.0 Å². The van der Waals surface area contributed by atoms with Gasteiger partial charge in [0.05, 0.1) is 17.7 Å². The van der Waals surface area contributed by atoms with Gasteiger partial charge in [0.15, 0.2) is 6.61 Å². The highest BCUT2D eigenvalue weighted by atomic mass is 16.5. The summed E-state index contributed by atoms with van der Waals surface area (Å²) in [6, 6.07) is 19.7. The lowest BCUT2D eigenvalue weighted by molar-refractivity contribution is -0.134. The first-order valence-corrected chi connectivity index (χ1v) is 10.7. The van der Waals surface area contributed by atoms with Gasteiger partial charge in [0.1, 0.15) is 0 Å². The van der Waals surface area contributed by atoms with E-state index >= 15 is 0 Å².